The number of para-hydroxylation sites is 1. The number of carbonyl (C=O) groups excluding carboxylic acids is 2. The molecule has 2 aromatic carbocycles. The van der Waals surface area contributed by atoms with E-state index in [2.05, 4.69) is 4.98 Å². The first-order valence-corrected chi connectivity index (χ1v) is 11.2. The molecule has 2 amide bonds. The molecule has 0 bridgehead atoms. The summed E-state index contributed by atoms with van der Waals surface area (Å²) in [4.78, 5) is 32.3. The van der Waals surface area contributed by atoms with Gasteiger partial charge in [0.05, 0.1) is 18.7 Å². The van der Waals surface area contributed by atoms with Crippen molar-refractivity contribution in [1.29, 1.82) is 0 Å². The van der Waals surface area contributed by atoms with Crippen LogP contribution in [0.3, 0.4) is 0 Å². The number of nitrogens with one attached hydrogen (secondary N) is 1. The first kappa shape index (κ1) is 22.7. The van der Waals surface area contributed by atoms with Crippen molar-refractivity contribution in [3.63, 3.8) is 0 Å². The number of carbonyl (C=O) groups is 2. The number of hydrogen-bond donors (Lipinski definition) is 1. The molecule has 0 atom stereocenters. The summed E-state index contributed by atoms with van der Waals surface area (Å²) in [6.45, 7) is 4.26. The molecule has 1 saturated heterocycles. The van der Waals surface area contributed by atoms with Gasteiger partial charge < -0.3 is 24.3 Å². The van der Waals surface area contributed by atoms with Crippen LogP contribution >= 0.6 is 11.6 Å². The zero-order valence-corrected chi connectivity index (χ0v) is 19.4. The largest absolute Gasteiger partial charge is 0.491 e. The Hall–Kier alpha value is -3.45. The van der Waals surface area contributed by atoms with Crippen molar-refractivity contribution in [2.24, 2.45) is 0 Å². The number of H-pyrrole nitrogens is 1. The van der Waals surface area contributed by atoms with Gasteiger partial charge in [-0.05, 0) is 42.8 Å². The second-order valence-corrected chi connectivity index (χ2v) is 8.10. The zero-order chi connectivity index (χ0) is 23.4. The van der Waals surface area contributed by atoms with Gasteiger partial charge in [0.15, 0.2) is 11.5 Å². The molecule has 1 aliphatic rings. The molecule has 2 heterocycles. The van der Waals surface area contributed by atoms with Crippen molar-refractivity contribution in [1.82, 2.24) is 14.8 Å². The average molecular weight is 468 g/mol. The van der Waals surface area contributed by atoms with Crippen LogP contribution in [0.1, 0.15) is 23.0 Å². The van der Waals surface area contributed by atoms with Crippen molar-refractivity contribution < 1.29 is 19.1 Å². The first-order chi connectivity index (χ1) is 16.0. The van der Waals surface area contributed by atoms with Gasteiger partial charge in [-0.1, -0.05) is 29.8 Å². The van der Waals surface area contributed by atoms with Crippen LogP contribution in [-0.4, -0.2) is 66.5 Å². The van der Waals surface area contributed by atoms with E-state index in [4.69, 9.17) is 21.1 Å². The third-order valence-electron chi connectivity index (χ3n) is 5.59. The molecule has 1 aromatic heterocycles. The number of rotatable bonds is 6. The number of fused-ring (bicyclic) bond motifs is 1. The molecule has 33 heavy (non-hydrogen) atoms. The van der Waals surface area contributed by atoms with Gasteiger partial charge in [0.25, 0.3) is 5.91 Å². The molecule has 1 N–H and O–H groups in total. The predicted octanol–water partition coefficient (Wildman–Crippen LogP) is 4.23. The Morgan fingerprint density at radius 2 is 1.82 bits per heavy atom. The molecule has 8 heteroatoms. The normalized spacial score (nSPS) is 14.2. The van der Waals surface area contributed by atoms with E-state index in [1.165, 1.54) is 13.2 Å². The summed E-state index contributed by atoms with van der Waals surface area (Å²) in [6, 6.07) is 13.2. The van der Waals surface area contributed by atoms with E-state index < -0.39 is 0 Å². The zero-order valence-electron chi connectivity index (χ0n) is 18.6. The van der Waals surface area contributed by atoms with Gasteiger partial charge in [-0.3, -0.25) is 9.59 Å². The van der Waals surface area contributed by atoms with Crippen molar-refractivity contribution in [2.45, 2.75) is 6.92 Å². The van der Waals surface area contributed by atoms with E-state index in [1.807, 2.05) is 37.3 Å². The number of aromatic nitrogens is 1. The van der Waals surface area contributed by atoms with Crippen LogP contribution in [-0.2, 0) is 4.79 Å². The lowest BCUT2D eigenvalue weighted by Crippen LogP contribution is -2.50. The first-order valence-electron chi connectivity index (χ1n) is 10.8. The smallest absolute Gasteiger partial charge is 0.270 e. The molecule has 1 fully saturated rings. The van der Waals surface area contributed by atoms with Gasteiger partial charge >= 0.3 is 0 Å². The van der Waals surface area contributed by atoms with Gasteiger partial charge in [0.1, 0.15) is 5.69 Å². The standard InChI is InChI=1S/C25H26ClN3O4/c1-3-33-22-15-17(14-19(26)24(22)32-2)8-9-23(30)28-10-12-29(13-11-28)25(31)21-16-18-6-4-5-7-20(18)27-21/h4-9,14-16,27H,3,10-13H2,1-2H3. The van der Waals surface area contributed by atoms with Crippen molar-refractivity contribution >= 4 is 40.4 Å². The predicted molar refractivity (Wildman–Crippen MR) is 129 cm³/mol. The van der Waals surface area contributed by atoms with Crippen LogP contribution in [0.15, 0.2) is 48.5 Å². The number of ether oxygens (including phenoxy) is 2. The number of methoxy groups -OCH3 is 1. The highest BCUT2D eigenvalue weighted by Gasteiger charge is 2.25. The lowest BCUT2D eigenvalue weighted by molar-refractivity contribution is -0.127. The summed E-state index contributed by atoms with van der Waals surface area (Å²) < 4.78 is 10.9. The molecule has 1 aliphatic heterocycles. The topological polar surface area (TPSA) is 74.9 Å². The highest BCUT2D eigenvalue weighted by atomic mass is 35.5. The summed E-state index contributed by atoms with van der Waals surface area (Å²) >= 11 is 6.28. The number of amides is 2. The number of benzene rings is 2. The lowest BCUT2D eigenvalue weighted by atomic mass is 10.1. The van der Waals surface area contributed by atoms with E-state index in [1.54, 1.807) is 28.0 Å². The second-order valence-electron chi connectivity index (χ2n) is 7.69. The molecule has 0 unspecified atom stereocenters. The molecule has 3 aromatic rings. The number of nitrogens with zero attached hydrogens (tertiary/aromatic N) is 2. The summed E-state index contributed by atoms with van der Waals surface area (Å²) in [7, 11) is 1.53. The molecule has 172 valence electrons. The molecule has 0 aliphatic carbocycles. The molecular formula is C25H26ClN3O4. The Bertz CT molecular complexity index is 1160. The summed E-state index contributed by atoms with van der Waals surface area (Å²) in [5.74, 6) is 0.837. The SMILES string of the molecule is CCOc1cc(C=CC(=O)N2CCN(C(=O)c3cc4ccccc4[nH]3)CC2)cc(Cl)c1OC. The number of piperazine rings is 1. The van der Waals surface area contributed by atoms with Gasteiger partial charge in [0.2, 0.25) is 5.91 Å². The summed E-state index contributed by atoms with van der Waals surface area (Å²) in [5, 5.41) is 1.42. The van der Waals surface area contributed by atoms with Crippen molar-refractivity contribution in [3.05, 3.63) is 64.8 Å². The van der Waals surface area contributed by atoms with E-state index in [0.717, 1.165) is 16.5 Å². The minimum absolute atomic E-state index is 0.0508. The van der Waals surface area contributed by atoms with Gasteiger partial charge in [-0.2, -0.15) is 0 Å². The minimum Gasteiger partial charge on any atom is -0.491 e. The monoisotopic (exact) mass is 467 g/mol. The van der Waals surface area contributed by atoms with Gasteiger partial charge in [-0.15, -0.1) is 0 Å². The molecule has 0 spiro atoms. The minimum atomic E-state index is -0.113. The van der Waals surface area contributed by atoms with Crippen LogP contribution < -0.4 is 9.47 Å². The Morgan fingerprint density at radius 3 is 2.52 bits per heavy atom. The molecule has 7 nitrogen and oxygen atoms in total. The van der Waals surface area contributed by atoms with E-state index >= 15 is 0 Å². The number of aromatic amines is 1. The average Bonchev–Trinajstić information content (AvgIpc) is 3.27. The van der Waals surface area contributed by atoms with Crippen LogP contribution in [0.4, 0.5) is 0 Å². The molecule has 0 radical (unpaired) electrons. The maximum Gasteiger partial charge on any atom is 0.270 e. The molecule has 0 saturated carbocycles. The van der Waals surface area contributed by atoms with Crippen molar-refractivity contribution in [3.8, 4) is 11.5 Å². The van der Waals surface area contributed by atoms with Crippen LogP contribution in [0.25, 0.3) is 17.0 Å². The Labute approximate surface area is 197 Å². The highest BCUT2D eigenvalue weighted by molar-refractivity contribution is 6.32. The van der Waals surface area contributed by atoms with Crippen LogP contribution in [0.5, 0.6) is 11.5 Å². The molecular weight excluding hydrogens is 442 g/mol. The quantitative estimate of drug-likeness (QED) is 0.550. The fourth-order valence-electron chi connectivity index (χ4n) is 3.91. The van der Waals surface area contributed by atoms with Gasteiger partial charge in [0, 0.05) is 43.2 Å². The van der Waals surface area contributed by atoms with Gasteiger partial charge in [-0.25, -0.2) is 0 Å². The fraction of sp³-hybridized carbons (Fsp3) is 0.280. The summed E-state index contributed by atoms with van der Waals surface area (Å²) in [5.41, 5.74) is 2.24. The maximum absolute atomic E-state index is 12.9. The summed E-state index contributed by atoms with van der Waals surface area (Å²) in [6.07, 6.45) is 3.22. The highest BCUT2D eigenvalue weighted by Crippen LogP contribution is 2.36. The van der Waals surface area contributed by atoms with E-state index in [-0.39, 0.29) is 11.8 Å². The lowest BCUT2D eigenvalue weighted by Gasteiger charge is -2.34. The Balaban J connectivity index is 1.37. The van der Waals surface area contributed by atoms with Crippen molar-refractivity contribution in [2.75, 3.05) is 39.9 Å². The Morgan fingerprint density at radius 1 is 1.09 bits per heavy atom. The Kier molecular flexibility index (Phi) is 6.89. The third kappa shape index (κ3) is 4.98. The van der Waals surface area contributed by atoms with Crippen LogP contribution in [0, 0.1) is 0 Å². The fourth-order valence-corrected chi connectivity index (χ4v) is 4.20. The van der Waals surface area contributed by atoms with E-state index in [9.17, 15) is 9.59 Å². The maximum atomic E-state index is 12.9. The van der Waals surface area contributed by atoms with E-state index in [0.29, 0.717) is 55.0 Å². The van der Waals surface area contributed by atoms with Crippen LogP contribution in [0.2, 0.25) is 5.02 Å². The number of hydrogen-bond acceptors (Lipinski definition) is 4. The third-order valence-corrected chi connectivity index (χ3v) is 5.87. The number of halogens is 1. The second kappa shape index (κ2) is 10.0. The molecule has 4 rings (SSSR count).